The first-order valence-corrected chi connectivity index (χ1v) is 31.3. The van der Waals surface area contributed by atoms with E-state index in [0.29, 0.717) is 19.3 Å². The number of ether oxygens (including phenoxy) is 3. The van der Waals surface area contributed by atoms with Crippen molar-refractivity contribution in [1.82, 2.24) is 0 Å². The summed E-state index contributed by atoms with van der Waals surface area (Å²) in [5.41, 5.74) is 0. The van der Waals surface area contributed by atoms with Crippen molar-refractivity contribution < 1.29 is 52.2 Å². The fraction of sp³-hybridized carbons (Fsp3) is 0.672. The van der Waals surface area contributed by atoms with Gasteiger partial charge < -0.3 is 24.2 Å². The summed E-state index contributed by atoms with van der Waals surface area (Å²) < 4.78 is 39.6. The average molecular weight is 1080 g/mol. The van der Waals surface area contributed by atoms with Gasteiger partial charge in [0.1, 0.15) is 12.7 Å². The summed E-state index contributed by atoms with van der Waals surface area (Å²) in [5.74, 6) is -1.51. The minimum Gasteiger partial charge on any atom is -0.462 e. The SMILES string of the molecule is CC/C=C\C/C=C\C/C=C\CCCCCCCCCC(=O)OCC(COP(=O)(O)OCC(CO)OC(=O)CCCCCCC/C=C\C/C=C\C/C=C\CC)OC(=O)CCCCCCCCC/C=C\C/C=C\C/C=C\CC. The molecular weight excluding hydrogens is 976 g/mol. The first-order chi connectivity index (χ1) is 37.2. The number of esters is 3. The van der Waals surface area contributed by atoms with Crippen LogP contribution in [-0.4, -0.2) is 66.5 Å². The summed E-state index contributed by atoms with van der Waals surface area (Å²) in [6, 6.07) is 0. The first-order valence-electron chi connectivity index (χ1n) is 29.8. The molecule has 0 aliphatic heterocycles. The van der Waals surface area contributed by atoms with Crippen LogP contribution >= 0.6 is 7.82 Å². The average Bonchev–Trinajstić information content (AvgIpc) is 3.41. The number of hydrogen-bond acceptors (Lipinski definition) is 10. The molecule has 0 bridgehead atoms. The van der Waals surface area contributed by atoms with Crippen molar-refractivity contribution in [3.63, 3.8) is 0 Å². The van der Waals surface area contributed by atoms with Crippen LogP contribution in [-0.2, 0) is 42.2 Å². The molecular formula is C64H107O11P. The standard InChI is InChI=1S/C64H107O11P/c1-4-7-10-13-16-19-22-25-28-30-33-35-38-41-44-47-50-53-62(66)71-57-61(75-64(68)55-52-49-46-43-40-37-34-31-29-26-23-20-17-14-11-8-5-2)59-73-76(69,70)72-58-60(56-65)74-63(67)54-51-48-45-42-39-36-32-27-24-21-18-15-12-9-6-3/h7-12,16-21,25-29,32,60-61,65H,4-6,13-15,22-24,30-31,33-59H2,1-3H3,(H,69,70)/b10-7-,11-8-,12-9-,19-16-,20-17-,21-18-,28-25-,29-26-,32-27-. The summed E-state index contributed by atoms with van der Waals surface area (Å²) in [6.07, 6.45) is 68.9. The Hall–Kier alpha value is -3.86. The first kappa shape index (κ1) is 72.1. The fourth-order valence-electron chi connectivity index (χ4n) is 7.75. The minimum atomic E-state index is -4.77. The lowest BCUT2D eigenvalue weighted by molar-refractivity contribution is -0.161. The van der Waals surface area contributed by atoms with Crippen LogP contribution in [0.5, 0.6) is 0 Å². The van der Waals surface area contributed by atoms with Gasteiger partial charge >= 0.3 is 25.7 Å². The number of hydrogen-bond donors (Lipinski definition) is 2. The lowest BCUT2D eigenvalue weighted by Gasteiger charge is -2.21. The summed E-state index contributed by atoms with van der Waals surface area (Å²) in [4.78, 5) is 48.6. The van der Waals surface area contributed by atoms with Crippen LogP contribution in [0.15, 0.2) is 109 Å². The van der Waals surface area contributed by atoms with Gasteiger partial charge in [-0.25, -0.2) is 4.57 Å². The van der Waals surface area contributed by atoms with Crippen molar-refractivity contribution in [1.29, 1.82) is 0 Å². The van der Waals surface area contributed by atoms with Crippen molar-refractivity contribution in [3.05, 3.63) is 109 Å². The molecule has 0 rings (SSSR count). The van der Waals surface area contributed by atoms with Crippen molar-refractivity contribution in [3.8, 4) is 0 Å². The van der Waals surface area contributed by atoms with Crippen LogP contribution in [0.25, 0.3) is 0 Å². The van der Waals surface area contributed by atoms with E-state index in [1.165, 1.54) is 19.3 Å². The van der Waals surface area contributed by atoms with Gasteiger partial charge in [0.2, 0.25) is 0 Å². The molecule has 0 aliphatic rings. The zero-order valence-corrected chi connectivity index (χ0v) is 48.8. The van der Waals surface area contributed by atoms with E-state index in [1.54, 1.807) is 0 Å². The van der Waals surface area contributed by atoms with E-state index in [1.807, 2.05) is 0 Å². The van der Waals surface area contributed by atoms with Gasteiger partial charge in [0.15, 0.2) is 6.10 Å². The van der Waals surface area contributed by atoms with E-state index in [-0.39, 0.29) is 25.9 Å². The fourth-order valence-corrected chi connectivity index (χ4v) is 8.54. The number of carbonyl (C=O) groups is 3. The van der Waals surface area contributed by atoms with Crippen molar-refractivity contribution >= 4 is 25.7 Å². The molecule has 11 nitrogen and oxygen atoms in total. The molecule has 12 heteroatoms. The number of aliphatic hydroxyl groups excluding tert-OH is 1. The topological polar surface area (TPSA) is 155 Å². The van der Waals surface area contributed by atoms with Crippen molar-refractivity contribution in [2.45, 2.75) is 251 Å². The van der Waals surface area contributed by atoms with Crippen LogP contribution in [0, 0.1) is 0 Å². The molecule has 3 atom stereocenters. The zero-order chi connectivity index (χ0) is 55.5. The third kappa shape index (κ3) is 54.9. The molecule has 0 aromatic rings. The highest BCUT2D eigenvalue weighted by molar-refractivity contribution is 7.47. The third-order valence-electron chi connectivity index (χ3n) is 12.2. The van der Waals surface area contributed by atoms with Crippen molar-refractivity contribution in [2.75, 3.05) is 26.4 Å². The second kappa shape index (κ2) is 57.3. The molecule has 0 heterocycles. The Bertz CT molecular complexity index is 1690. The molecule has 0 aliphatic carbocycles. The molecule has 0 aromatic carbocycles. The van der Waals surface area contributed by atoms with E-state index >= 15 is 0 Å². The third-order valence-corrected chi connectivity index (χ3v) is 13.1. The highest BCUT2D eigenvalue weighted by atomic mass is 31.2. The van der Waals surface area contributed by atoms with E-state index in [0.717, 1.165) is 161 Å². The maximum Gasteiger partial charge on any atom is 0.472 e. The quantitative estimate of drug-likeness (QED) is 0.0197. The Morgan fingerprint density at radius 1 is 0.368 bits per heavy atom. The Labute approximate surface area is 463 Å². The number of phosphoric acid groups is 1. The smallest absolute Gasteiger partial charge is 0.462 e. The summed E-state index contributed by atoms with van der Waals surface area (Å²) in [5, 5.41) is 9.83. The summed E-state index contributed by atoms with van der Waals surface area (Å²) in [7, 11) is -4.77. The Balaban J connectivity index is 4.77. The van der Waals surface area contributed by atoms with E-state index in [4.69, 9.17) is 23.3 Å². The van der Waals surface area contributed by atoms with Gasteiger partial charge in [-0.3, -0.25) is 23.4 Å². The van der Waals surface area contributed by atoms with Gasteiger partial charge in [0, 0.05) is 19.3 Å². The minimum absolute atomic E-state index is 0.148. The van der Waals surface area contributed by atoms with Gasteiger partial charge in [0.05, 0.1) is 19.8 Å². The number of unbranched alkanes of at least 4 members (excludes halogenated alkanes) is 19. The molecule has 0 aromatic heterocycles. The molecule has 2 N–H and O–H groups in total. The van der Waals surface area contributed by atoms with Crippen molar-refractivity contribution in [2.24, 2.45) is 0 Å². The molecule has 0 saturated carbocycles. The summed E-state index contributed by atoms with van der Waals surface area (Å²) in [6.45, 7) is 4.27. The Morgan fingerprint density at radius 3 is 0.987 bits per heavy atom. The summed E-state index contributed by atoms with van der Waals surface area (Å²) >= 11 is 0. The predicted octanol–water partition coefficient (Wildman–Crippen LogP) is 17.8. The van der Waals surface area contributed by atoms with Gasteiger partial charge in [-0.15, -0.1) is 0 Å². The second-order valence-electron chi connectivity index (χ2n) is 19.4. The van der Waals surface area contributed by atoms with Gasteiger partial charge in [-0.1, -0.05) is 214 Å². The van der Waals surface area contributed by atoms with Crippen LogP contribution in [0.1, 0.15) is 239 Å². The highest BCUT2D eigenvalue weighted by Gasteiger charge is 2.28. The molecule has 0 fully saturated rings. The number of aliphatic hydroxyl groups is 1. The van der Waals surface area contributed by atoms with Crippen LogP contribution in [0.2, 0.25) is 0 Å². The maximum atomic E-state index is 12.9. The monoisotopic (exact) mass is 1080 g/mol. The molecule has 0 amide bonds. The largest absolute Gasteiger partial charge is 0.472 e. The Kier molecular flexibility index (Phi) is 54.4. The van der Waals surface area contributed by atoms with Gasteiger partial charge in [-0.2, -0.15) is 0 Å². The predicted molar refractivity (Wildman–Crippen MR) is 316 cm³/mol. The van der Waals surface area contributed by atoms with Crippen LogP contribution in [0.4, 0.5) is 0 Å². The zero-order valence-electron chi connectivity index (χ0n) is 47.9. The number of phosphoric ester groups is 1. The number of allylic oxidation sites excluding steroid dienone is 18. The Morgan fingerprint density at radius 2 is 0.645 bits per heavy atom. The molecule has 0 spiro atoms. The molecule has 0 radical (unpaired) electrons. The van der Waals surface area contributed by atoms with Gasteiger partial charge in [0.25, 0.3) is 0 Å². The molecule has 0 saturated heterocycles. The lowest BCUT2D eigenvalue weighted by Crippen LogP contribution is -2.30. The number of rotatable bonds is 54. The number of carbonyl (C=O) groups excluding carboxylic acids is 3. The van der Waals surface area contributed by atoms with Crippen LogP contribution < -0.4 is 0 Å². The second-order valence-corrected chi connectivity index (χ2v) is 20.8. The highest BCUT2D eigenvalue weighted by Crippen LogP contribution is 2.43. The van der Waals surface area contributed by atoms with E-state index in [2.05, 4.69) is 130 Å². The molecule has 76 heavy (non-hydrogen) atoms. The molecule has 3 unspecified atom stereocenters. The van der Waals surface area contributed by atoms with E-state index in [9.17, 15) is 28.9 Å². The van der Waals surface area contributed by atoms with Crippen LogP contribution in [0.3, 0.4) is 0 Å². The maximum absolute atomic E-state index is 12.9. The molecule has 434 valence electrons. The lowest BCUT2D eigenvalue weighted by atomic mass is 10.1. The van der Waals surface area contributed by atoms with E-state index < -0.39 is 57.8 Å². The van der Waals surface area contributed by atoms with Gasteiger partial charge in [-0.05, 0) is 116 Å². The normalized spacial score (nSPS) is 14.1.